The number of amides is 1. The van der Waals surface area contributed by atoms with Crippen LogP contribution < -0.4 is 15.4 Å². The molecule has 0 aliphatic carbocycles. The molecule has 0 radical (unpaired) electrons. The third kappa shape index (κ3) is 4.85. The van der Waals surface area contributed by atoms with Gasteiger partial charge in [-0.1, -0.05) is 32.0 Å². The van der Waals surface area contributed by atoms with Gasteiger partial charge in [0.2, 0.25) is 5.95 Å². The lowest BCUT2D eigenvalue weighted by Gasteiger charge is -2.13. The molecule has 144 valence electrons. The van der Waals surface area contributed by atoms with Crippen LogP contribution >= 0.6 is 0 Å². The van der Waals surface area contributed by atoms with Gasteiger partial charge in [-0.25, -0.2) is 9.97 Å². The highest BCUT2D eigenvalue weighted by molar-refractivity contribution is 6.04. The SMILES string of the molecule is CCOc1ccc(Nc2ncc(C(=O)Nc3ccccc3C(C)C)cn2)cc1. The van der Waals surface area contributed by atoms with Crippen molar-refractivity contribution in [3.8, 4) is 5.75 Å². The van der Waals surface area contributed by atoms with E-state index < -0.39 is 0 Å². The van der Waals surface area contributed by atoms with Crippen LogP contribution in [0.2, 0.25) is 0 Å². The number of carbonyl (C=O) groups excluding carboxylic acids is 1. The van der Waals surface area contributed by atoms with Crippen molar-refractivity contribution in [1.82, 2.24) is 9.97 Å². The molecule has 3 rings (SSSR count). The summed E-state index contributed by atoms with van der Waals surface area (Å²) < 4.78 is 5.42. The van der Waals surface area contributed by atoms with Gasteiger partial charge in [0.1, 0.15) is 5.75 Å². The molecular weight excluding hydrogens is 352 g/mol. The average Bonchev–Trinajstić information content (AvgIpc) is 2.70. The number of rotatable bonds is 7. The third-order valence-electron chi connectivity index (χ3n) is 4.17. The van der Waals surface area contributed by atoms with Gasteiger partial charge in [0, 0.05) is 23.8 Å². The molecule has 0 atom stereocenters. The van der Waals surface area contributed by atoms with E-state index in [2.05, 4.69) is 34.4 Å². The Hall–Kier alpha value is -3.41. The van der Waals surface area contributed by atoms with E-state index in [4.69, 9.17) is 4.74 Å². The minimum Gasteiger partial charge on any atom is -0.494 e. The van der Waals surface area contributed by atoms with E-state index in [1.54, 1.807) is 0 Å². The lowest BCUT2D eigenvalue weighted by Crippen LogP contribution is -2.14. The lowest BCUT2D eigenvalue weighted by molar-refractivity contribution is 0.102. The highest BCUT2D eigenvalue weighted by Crippen LogP contribution is 2.24. The zero-order valence-corrected chi connectivity index (χ0v) is 16.3. The number of aromatic nitrogens is 2. The van der Waals surface area contributed by atoms with E-state index in [0.29, 0.717) is 24.0 Å². The molecule has 1 heterocycles. The van der Waals surface area contributed by atoms with Crippen molar-refractivity contribution in [1.29, 1.82) is 0 Å². The normalized spacial score (nSPS) is 10.6. The zero-order valence-electron chi connectivity index (χ0n) is 16.3. The van der Waals surface area contributed by atoms with Gasteiger partial charge in [-0.3, -0.25) is 4.79 Å². The Balaban J connectivity index is 1.66. The lowest BCUT2D eigenvalue weighted by atomic mass is 10.0. The number of hydrogen-bond donors (Lipinski definition) is 2. The number of para-hydroxylation sites is 1. The van der Waals surface area contributed by atoms with Crippen LogP contribution in [0.25, 0.3) is 0 Å². The van der Waals surface area contributed by atoms with Gasteiger partial charge in [-0.15, -0.1) is 0 Å². The molecule has 0 aliphatic rings. The summed E-state index contributed by atoms with van der Waals surface area (Å²) >= 11 is 0. The maximum Gasteiger partial charge on any atom is 0.258 e. The summed E-state index contributed by atoms with van der Waals surface area (Å²) in [7, 11) is 0. The van der Waals surface area contributed by atoms with Crippen LogP contribution in [-0.4, -0.2) is 22.5 Å². The number of nitrogens with one attached hydrogen (secondary N) is 2. The number of carbonyl (C=O) groups is 1. The molecule has 0 saturated heterocycles. The van der Waals surface area contributed by atoms with Gasteiger partial charge in [0.25, 0.3) is 5.91 Å². The fourth-order valence-electron chi connectivity index (χ4n) is 2.75. The Morgan fingerprint density at radius 1 is 1.04 bits per heavy atom. The van der Waals surface area contributed by atoms with Crippen LogP contribution in [0.4, 0.5) is 17.3 Å². The molecule has 0 unspecified atom stereocenters. The molecule has 3 aromatic rings. The fraction of sp³-hybridized carbons (Fsp3) is 0.227. The molecule has 2 aromatic carbocycles. The number of nitrogens with zero attached hydrogens (tertiary/aromatic N) is 2. The number of anilines is 3. The second-order valence-electron chi connectivity index (χ2n) is 6.57. The summed E-state index contributed by atoms with van der Waals surface area (Å²) in [4.78, 5) is 21.0. The molecule has 0 aliphatic heterocycles. The van der Waals surface area contributed by atoms with Gasteiger partial charge in [-0.05, 0) is 48.7 Å². The standard InChI is InChI=1S/C22H24N4O2/c1-4-28-18-11-9-17(10-12-18)25-22-23-13-16(14-24-22)21(27)26-20-8-6-5-7-19(20)15(2)3/h5-15H,4H2,1-3H3,(H,26,27)(H,23,24,25). The predicted molar refractivity (Wildman–Crippen MR) is 111 cm³/mol. The van der Waals surface area contributed by atoms with Crippen molar-refractivity contribution in [2.75, 3.05) is 17.2 Å². The molecule has 6 heteroatoms. The Kier molecular flexibility index (Phi) is 6.22. The van der Waals surface area contributed by atoms with E-state index in [1.807, 2.05) is 55.5 Å². The topological polar surface area (TPSA) is 76.1 Å². The van der Waals surface area contributed by atoms with Gasteiger partial charge in [0.15, 0.2) is 0 Å². The Morgan fingerprint density at radius 3 is 2.36 bits per heavy atom. The number of hydrogen-bond acceptors (Lipinski definition) is 5. The summed E-state index contributed by atoms with van der Waals surface area (Å²) in [6.07, 6.45) is 3.02. The van der Waals surface area contributed by atoms with Crippen LogP contribution in [-0.2, 0) is 0 Å². The first-order valence-corrected chi connectivity index (χ1v) is 9.29. The predicted octanol–water partition coefficient (Wildman–Crippen LogP) is 4.99. The maximum atomic E-state index is 12.5. The van der Waals surface area contributed by atoms with Crippen molar-refractivity contribution < 1.29 is 9.53 Å². The maximum absolute atomic E-state index is 12.5. The molecule has 0 saturated carbocycles. The summed E-state index contributed by atoms with van der Waals surface area (Å²) in [5.74, 6) is 1.31. The molecule has 6 nitrogen and oxygen atoms in total. The van der Waals surface area contributed by atoms with E-state index in [-0.39, 0.29) is 5.91 Å². The highest BCUT2D eigenvalue weighted by Gasteiger charge is 2.12. The monoisotopic (exact) mass is 376 g/mol. The smallest absolute Gasteiger partial charge is 0.258 e. The molecule has 0 bridgehead atoms. The van der Waals surface area contributed by atoms with Crippen LogP contribution in [0, 0.1) is 0 Å². The molecule has 2 N–H and O–H groups in total. The first kappa shape index (κ1) is 19.4. The van der Waals surface area contributed by atoms with Gasteiger partial charge >= 0.3 is 0 Å². The molecule has 0 spiro atoms. The third-order valence-corrected chi connectivity index (χ3v) is 4.17. The van der Waals surface area contributed by atoms with E-state index >= 15 is 0 Å². The number of ether oxygens (including phenoxy) is 1. The average molecular weight is 376 g/mol. The Morgan fingerprint density at radius 2 is 1.71 bits per heavy atom. The minimum atomic E-state index is -0.235. The second kappa shape index (κ2) is 8.99. The van der Waals surface area contributed by atoms with Crippen LogP contribution in [0.1, 0.15) is 42.6 Å². The van der Waals surface area contributed by atoms with Crippen molar-refractivity contribution in [3.63, 3.8) is 0 Å². The van der Waals surface area contributed by atoms with Crippen molar-refractivity contribution in [3.05, 3.63) is 72.1 Å². The Labute approximate surface area is 165 Å². The minimum absolute atomic E-state index is 0.235. The van der Waals surface area contributed by atoms with Crippen molar-refractivity contribution >= 4 is 23.2 Å². The first-order valence-electron chi connectivity index (χ1n) is 9.29. The fourth-order valence-corrected chi connectivity index (χ4v) is 2.75. The van der Waals surface area contributed by atoms with Crippen molar-refractivity contribution in [2.45, 2.75) is 26.7 Å². The quantitative estimate of drug-likeness (QED) is 0.607. The zero-order chi connectivity index (χ0) is 19.9. The summed E-state index contributed by atoms with van der Waals surface area (Å²) in [5, 5.41) is 6.05. The summed E-state index contributed by atoms with van der Waals surface area (Å²) in [5.41, 5.74) is 3.13. The van der Waals surface area contributed by atoms with Crippen LogP contribution in [0.15, 0.2) is 60.9 Å². The molecular formula is C22H24N4O2. The molecule has 28 heavy (non-hydrogen) atoms. The largest absolute Gasteiger partial charge is 0.494 e. The first-order chi connectivity index (χ1) is 13.6. The summed E-state index contributed by atoms with van der Waals surface area (Å²) in [6.45, 7) is 6.76. The van der Waals surface area contributed by atoms with E-state index in [1.165, 1.54) is 12.4 Å². The van der Waals surface area contributed by atoms with Crippen molar-refractivity contribution in [2.24, 2.45) is 0 Å². The van der Waals surface area contributed by atoms with Crippen LogP contribution in [0.5, 0.6) is 5.75 Å². The molecule has 0 fully saturated rings. The summed E-state index contributed by atoms with van der Waals surface area (Å²) in [6, 6.07) is 15.3. The highest BCUT2D eigenvalue weighted by atomic mass is 16.5. The van der Waals surface area contributed by atoms with Gasteiger partial charge in [-0.2, -0.15) is 0 Å². The van der Waals surface area contributed by atoms with Crippen LogP contribution in [0.3, 0.4) is 0 Å². The van der Waals surface area contributed by atoms with E-state index in [9.17, 15) is 4.79 Å². The van der Waals surface area contributed by atoms with Gasteiger partial charge < -0.3 is 15.4 Å². The van der Waals surface area contributed by atoms with E-state index in [0.717, 1.165) is 22.7 Å². The molecule has 1 aromatic heterocycles. The second-order valence-corrected chi connectivity index (χ2v) is 6.57. The Bertz CT molecular complexity index is 922. The molecule has 1 amide bonds. The van der Waals surface area contributed by atoms with Gasteiger partial charge in [0.05, 0.1) is 12.2 Å². The number of benzene rings is 2.